The van der Waals surface area contributed by atoms with E-state index in [1.165, 1.54) is 26.3 Å². The highest BCUT2D eigenvalue weighted by Gasteiger charge is 2.18. The zero-order valence-corrected chi connectivity index (χ0v) is 9.99. The van der Waals surface area contributed by atoms with E-state index in [1.54, 1.807) is 13.0 Å². The molecule has 0 spiro atoms. The number of carbonyl (C=O) groups is 2. The number of carbonyl (C=O) groups excluding carboxylic acids is 2. The second-order valence-corrected chi connectivity index (χ2v) is 3.72. The zero-order valence-electron chi connectivity index (χ0n) is 9.99. The van der Waals surface area contributed by atoms with Crippen LogP contribution in [0.1, 0.15) is 15.9 Å². The highest BCUT2D eigenvalue weighted by Crippen LogP contribution is 2.12. The van der Waals surface area contributed by atoms with Gasteiger partial charge in [-0.3, -0.25) is 9.59 Å². The smallest absolute Gasteiger partial charge is 0.325 e. The van der Waals surface area contributed by atoms with Gasteiger partial charge in [0.1, 0.15) is 12.4 Å². The minimum atomic E-state index is -0.600. The Balaban J connectivity index is 2.88. The van der Waals surface area contributed by atoms with Crippen LogP contribution in [0.5, 0.6) is 0 Å². The van der Waals surface area contributed by atoms with Gasteiger partial charge in [-0.05, 0) is 19.1 Å². The molecule has 0 aliphatic carbocycles. The molecule has 0 unspecified atom stereocenters. The van der Waals surface area contributed by atoms with E-state index in [9.17, 15) is 14.0 Å². The summed E-state index contributed by atoms with van der Waals surface area (Å²) in [5, 5.41) is 0. The maximum Gasteiger partial charge on any atom is 0.325 e. The number of rotatable bonds is 3. The van der Waals surface area contributed by atoms with E-state index >= 15 is 0 Å². The van der Waals surface area contributed by atoms with Crippen molar-refractivity contribution < 1.29 is 18.7 Å². The number of methoxy groups -OCH3 is 1. The predicted octanol–water partition coefficient (Wildman–Crippen LogP) is 1.38. The Labute approximate surface area is 99.0 Å². The summed E-state index contributed by atoms with van der Waals surface area (Å²) in [4.78, 5) is 24.0. The van der Waals surface area contributed by atoms with Gasteiger partial charge in [-0.2, -0.15) is 0 Å². The minimum Gasteiger partial charge on any atom is -0.468 e. The van der Waals surface area contributed by atoms with Crippen molar-refractivity contribution in [3.63, 3.8) is 0 Å². The number of halogens is 1. The highest BCUT2D eigenvalue weighted by atomic mass is 19.1. The lowest BCUT2D eigenvalue weighted by Crippen LogP contribution is -2.33. The topological polar surface area (TPSA) is 46.6 Å². The van der Waals surface area contributed by atoms with Crippen molar-refractivity contribution in [3.8, 4) is 0 Å². The monoisotopic (exact) mass is 239 g/mol. The number of ether oxygens (including phenoxy) is 1. The molecule has 92 valence electrons. The average molecular weight is 239 g/mol. The van der Waals surface area contributed by atoms with Gasteiger partial charge in [-0.25, -0.2) is 4.39 Å². The molecule has 0 fully saturated rings. The molecule has 1 aromatic carbocycles. The van der Waals surface area contributed by atoms with Gasteiger partial charge < -0.3 is 9.64 Å². The van der Waals surface area contributed by atoms with Gasteiger partial charge in [0.05, 0.1) is 12.7 Å². The maximum atomic E-state index is 13.4. The summed E-state index contributed by atoms with van der Waals surface area (Å²) in [6, 6.07) is 4.26. The number of likely N-dealkylation sites (N-methyl/N-ethyl adjacent to an activating group) is 1. The normalized spacial score (nSPS) is 9.88. The van der Waals surface area contributed by atoms with Gasteiger partial charge in [0.2, 0.25) is 0 Å². The Hall–Kier alpha value is -1.91. The minimum absolute atomic E-state index is 0.0450. The SMILES string of the molecule is COC(=O)CN(C)C(=O)c1cc(C)ccc1F. The fraction of sp³-hybridized carbons (Fsp3) is 0.333. The molecule has 0 atom stereocenters. The van der Waals surface area contributed by atoms with Crippen molar-refractivity contribution in [1.82, 2.24) is 4.90 Å². The molecule has 1 rings (SSSR count). The molecular formula is C12H14FNO3. The molecule has 0 aliphatic heterocycles. The van der Waals surface area contributed by atoms with Crippen LogP contribution in [0.4, 0.5) is 4.39 Å². The third-order valence-corrected chi connectivity index (χ3v) is 2.29. The van der Waals surface area contributed by atoms with Crippen LogP contribution in [0.25, 0.3) is 0 Å². The Kier molecular flexibility index (Phi) is 4.20. The first-order valence-electron chi connectivity index (χ1n) is 5.04. The van der Waals surface area contributed by atoms with Gasteiger partial charge >= 0.3 is 5.97 Å². The van der Waals surface area contributed by atoms with Crippen molar-refractivity contribution in [3.05, 3.63) is 35.1 Å². The number of aryl methyl sites for hydroxylation is 1. The molecule has 0 bridgehead atoms. The average Bonchev–Trinajstić information content (AvgIpc) is 2.31. The standard InChI is InChI=1S/C12H14FNO3/c1-8-4-5-10(13)9(6-8)12(16)14(2)7-11(15)17-3/h4-6H,7H2,1-3H3. The number of hydrogen-bond donors (Lipinski definition) is 0. The van der Waals surface area contributed by atoms with Crippen molar-refractivity contribution in [2.75, 3.05) is 20.7 Å². The van der Waals surface area contributed by atoms with Crippen LogP contribution < -0.4 is 0 Å². The van der Waals surface area contributed by atoms with Crippen LogP contribution in [-0.4, -0.2) is 37.5 Å². The summed E-state index contributed by atoms with van der Waals surface area (Å²) >= 11 is 0. The summed E-state index contributed by atoms with van der Waals surface area (Å²) < 4.78 is 17.9. The molecule has 4 nitrogen and oxygen atoms in total. The molecule has 1 aromatic rings. The number of esters is 1. The third kappa shape index (κ3) is 3.27. The summed E-state index contributed by atoms with van der Waals surface area (Å²) in [5.41, 5.74) is 0.734. The second kappa shape index (κ2) is 5.43. The summed E-state index contributed by atoms with van der Waals surface area (Å²) in [7, 11) is 2.65. The van der Waals surface area contributed by atoms with E-state index in [1.807, 2.05) is 0 Å². The molecule has 1 amide bonds. The van der Waals surface area contributed by atoms with Gasteiger partial charge in [0.15, 0.2) is 0 Å². The summed E-state index contributed by atoms with van der Waals surface area (Å²) in [5.74, 6) is -1.69. The van der Waals surface area contributed by atoms with Crippen molar-refractivity contribution in [2.45, 2.75) is 6.92 Å². The Morgan fingerprint density at radius 2 is 2.06 bits per heavy atom. The lowest BCUT2D eigenvalue weighted by atomic mass is 10.1. The van der Waals surface area contributed by atoms with Crippen molar-refractivity contribution in [1.29, 1.82) is 0 Å². The molecule has 0 heterocycles. The van der Waals surface area contributed by atoms with Crippen molar-refractivity contribution in [2.24, 2.45) is 0 Å². The number of nitrogens with zero attached hydrogens (tertiary/aromatic N) is 1. The first-order valence-corrected chi connectivity index (χ1v) is 5.04. The van der Waals surface area contributed by atoms with Crippen molar-refractivity contribution >= 4 is 11.9 Å². The van der Waals surface area contributed by atoms with E-state index in [2.05, 4.69) is 4.74 Å². The highest BCUT2D eigenvalue weighted by molar-refractivity contribution is 5.96. The number of amides is 1. The van der Waals surface area contributed by atoms with Crippen LogP contribution >= 0.6 is 0 Å². The van der Waals surface area contributed by atoms with Crippen LogP contribution in [0.3, 0.4) is 0 Å². The largest absolute Gasteiger partial charge is 0.468 e. The fourth-order valence-corrected chi connectivity index (χ4v) is 1.34. The lowest BCUT2D eigenvalue weighted by Gasteiger charge is -2.16. The predicted molar refractivity (Wildman–Crippen MR) is 60.1 cm³/mol. The molecule has 0 saturated carbocycles. The first-order chi connectivity index (χ1) is 7.95. The molecule has 17 heavy (non-hydrogen) atoms. The van der Waals surface area contributed by atoms with E-state index in [4.69, 9.17) is 0 Å². The molecule has 0 aliphatic rings. The van der Waals surface area contributed by atoms with Crippen LogP contribution in [0.2, 0.25) is 0 Å². The van der Waals surface area contributed by atoms with Crippen LogP contribution in [-0.2, 0) is 9.53 Å². The number of hydrogen-bond acceptors (Lipinski definition) is 3. The van der Waals surface area contributed by atoms with E-state index in [0.29, 0.717) is 0 Å². The first kappa shape index (κ1) is 13.2. The molecule has 0 saturated heterocycles. The van der Waals surface area contributed by atoms with Gasteiger partial charge in [-0.1, -0.05) is 11.6 Å². The molecular weight excluding hydrogens is 225 g/mol. The van der Waals surface area contributed by atoms with E-state index in [-0.39, 0.29) is 12.1 Å². The van der Waals surface area contributed by atoms with Gasteiger partial charge in [-0.15, -0.1) is 0 Å². The molecule has 0 aromatic heterocycles. The zero-order chi connectivity index (χ0) is 13.0. The summed E-state index contributed by atoms with van der Waals surface area (Å²) in [6.45, 7) is 1.55. The second-order valence-electron chi connectivity index (χ2n) is 3.72. The van der Waals surface area contributed by atoms with E-state index in [0.717, 1.165) is 10.5 Å². The molecule has 0 N–H and O–H groups in total. The molecule has 0 radical (unpaired) electrons. The third-order valence-electron chi connectivity index (χ3n) is 2.29. The number of benzene rings is 1. The van der Waals surface area contributed by atoms with E-state index < -0.39 is 17.7 Å². The van der Waals surface area contributed by atoms with Crippen LogP contribution in [0, 0.1) is 12.7 Å². The molecule has 5 heteroatoms. The Morgan fingerprint density at radius 3 is 2.65 bits per heavy atom. The maximum absolute atomic E-state index is 13.4. The Bertz CT molecular complexity index is 445. The van der Waals surface area contributed by atoms with Crippen LogP contribution in [0.15, 0.2) is 18.2 Å². The van der Waals surface area contributed by atoms with Gasteiger partial charge in [0.25, 0.3) is 5.91 Å². The summed E-state index contributed by atoms with van der Waals surface area (Å²) in [6.07, 6.45) is 0. The fourth-order valence-electron chi connectivity index (χ4n) is 1.34. The quantitative estimate of drug-likeness (QED) is 0.749. The Morgan fingerprint density at radius 1 is 1.41 bits per heavy atom. The van der Waals surface area contributed by atoms with Gasteiger partial charge in [0, 0.05) is 7.05 Å². The lowest BCUT2D eigenvalue weighted by molar-refractivity contribution is -0.141.